The molecule has 0 aliphatic heterocycles. The smallest absolute Gasteiger partial charge is 0.270 e. The Morgan fingerprint density at radius 2 is 1.78 bits per heavy atom. The van der Waals surface area contributed by atoms with Gasteiger partial charge in [0.2, 0.25) is 0 Å². The third kappa shape index (κ3) is 4.93. The monoisotopic (exact) mass is 476 g/mol. The van der Waals surface area contributed by atoms with Crippen molar-refractivity contribution < 1.29 is 14.3 Å². The van der Waals surface area contributed by atoms with Crippen molar-refractivity contribution in [3.63, 3.8) is 0 Å². The highest BCUT2D eigenvalue weighted by molar-refractivity contribution is 5.93. The van der Waals surface area contributed by atoms with Gasteiger partial charge in [0.1, 0.15) is 17.3 Å². The summed E-state index contributed by atoms with van der Waals surface area (Å²) in [6.07, 6.45) is 3.32. The van der Waals surface area contributed by atoms with E-state index in [0.29, 0.717) is 17.0 Å². The van der Waals surface area contributed by atoms with Gasteiger partial charge in [0.05, 0.1) is 6.04 Å². The standard InChI is InChI=1S/C29H21FN4O2/c1-18-14-20(7-6-19-10-12-31-13-11-19)15-26(32-18)29(36)34-28(23-17-22(30)8-9-27(23)35)25-16-21-4-2-3-5-24(21)33-25/h2-5,8-17,28,33,35H,1H3,(H,34,36). The first kappa shape index (κ1) is 22.8. The van der Waals surface area contributed by atoms with Gasteiger partial charge < -0.3 is 15.4 Å². The van der Waals surface area contributed by atoms with Crippen LogP contribution in [0.15, 0.2) is 85.2 Å². The Morgan fingerprint density at radius 1 is 1.00 bits per heavy atom. The van der Waals surface area contributed by atoms with Gasteiger partial charge in [-0.15, -0.1) is 0 Å². The average molecular weight is 477 g/mol. The molecule has 0 fully saturated rings. The molecule has 0 saturated heterocycles. The van der Waals surface area contributed by atoms with E-state index < -0.39 is 17.8 Å². The van der Waals surface area contributed by atoms with Gasteiger partial charge in [-0.25, -0.2) is 9.37 Å². The Labute approximate surface area is 206 Å². The summed E-state index contributed by atoms with van der Waals surface area (Å²) < 4.78 is 14.2. The lowest BCUT2D eigenvalue weighted by atomic mass is 10.0. The van der Waals surface area contributed by atoms with Crippen LogP contribution in [0, 0.1) is 24.6 Å². The largest absolute Gasteiger partial charge is 0.508 e. The van der Waals surface area contributed by atoms with Crippen LogP contribution in [-0.4, -0.2) is 26.0 Å². The predicted molar refractivity (Wildman–Crippen MR) is 135 cm³/mol. The number of para-hydroxylation sites is 1. The summed E-state index contributed by atoms with van der Waals surface area (Å²) in [7, 11) is 0. The first-order valence-corrected chi connectivity index (χ1v) is 11.2. The molecule has 0 saturated carbocycles. The SMILES string of the molecule is Cc1cc(C#Cc2ccncc2)cc(C(=O)NC(c2cc3ccccc3[nH]2)c2cc(F)ccc2O)n1. The molecule has 2 aromatic carbocycles. The van der Waals surface area contributed by atoms with Gasteiger partial charge in [-0.1, -0.05) is 30.0 Å². The fraction of sp³-hybridized carbons (Fsp3) is 0.0690. The van der Waals surface area contributed by atoms with Crippen LogP contribution < -0.4 is 5.32 Å². The molecule has 0 aliphatic carbocycles. The minimum atomic E-state index is -0.853. The normalized spacial score (nSPS) is 11.5. The molecule has 1 atom stereocenters. The van der Waals surface area contributed by atoms with Crippen LogP contribution in [0.25, 0.3) is 10.9 Å². The molecule has 3 heterocycles. The van der Waals surface area contributed by atoms with Crippen LogP contribution in [-0.2, 0) is 0 Å². The summed E-state index contributed by atoms with van der Waals surface area (Å²) >= 11 is 0. The number of benzene rings is 2. The Balaban J connectivity index is 1.51. The number of aromatic nitrogens is 3. The van der Waals surface area contributed by atoms with Crippen molar-refractivity contribution in [1.82, 2.24) is 20.3 Å². The van der Waals surface area contributed by atoms with Crippen molar-refractivity contribution >= 4 is 16.8 Å². The molecule has 5 rings (SSSR count). The zero-order chi connectivity index (χ0) is 25.1. The molecule has 0 bridgehead atoms. The number of nitrogens with zero attached hydrogens (tertiary/aromatic N) is 2. The fourth-order valence-electron chi connectivity index (χ4n) is 3.97. The molecule has 3 aromatic heterocycles. The maximum Gasteiger partial charge on any atom is 0.270 e. The van der Waals surface area contributed by atoms with Crippen LogP contribution in [0.5, 0.6) is 5.75 Å². The van der Waals surface area contributed by atoms with Gasteiger partial charge in [-0.2, -0.15) is 0 Å². The first-order valence-electron chi connectivity index (χ1n) is 11.2. The van der Waals surface area contributed by atoms with E-state index in [9.17, 15) is 14.3 Å². The van der Waals surface area contributed by atoms with E-state index in [2.05, 4.69) is 32.1 Å². The molecule has 176 valence electrons. The average Bonchev–Trinajstić information content (AvgIpc) is 3.32. The Hall–Kier alpha value is -4.96. The molecule has 7 heteroatoms. The molecule has 1 unspecified atom stereocenters. The molecule has 0 radical (unpaired) electrons. The summed E-state index contributed by atoms with van der Waals surface area (Å²) in [5.74, 6) is 4.95. The van der Waals surface area contributed by atoms with E-state index in [1.807, 2.05) is 30.3 Å². The zero-order valence-corrected chi connectivity index (χ0v) is 19.3. The molecule has 6 nitrogen and oxygen atoms in total. The third-order valence-electron chi connectivity index (χ3n) is 5.66. The van der Waals surface area contributed by atoms with Crippen molar-refractivity contribution in [3.05, 3.63) is 125 Å². The van der Waals surface area contributed by atoms with E-state index in [0.717, 1.165) is 16.5 Å². The number of aryl methyl sites for hydroxylation is 1. The van der Waals surface area contributed by atoms with Crippen molar-refractivity contribution in [1.29, 1.82) is 0 Å². The molecule has 1 amide bonds. The number of phenols is 1. The number of hydrogen-bond donors (Lipinski definition) is 3. The second-order valence-electron chi connectivity index (χ2n) is 8.29. The highest BCUT2D eigenvalue weighted by atomic mass is 19.1. The number of aromatic amines is 1. The van der Waals surface area contributed by atoms with Gasteiger partial charge in [0, 0.05) is 46.0 Å². The number of fused-ring (bicyclic) bond motifs is 1. The van der Waals surface area contributed by atoms with E-state index in [-0.39, 0.29) is 17.0 Å². The quantitative estimate of drug-likeness (QED) is 0.317. The second-order valence-corrected chi connectivity index (χ2v) is 8.29. The van der Waals surface area contributed by atoms with Gasteiger partial charge in [-0.05, 0) is 66.9 Å². The van der Waals surface area contributed by atoms with Crippen molar-refractivity contribution in [2.75, 3.05) is 0 Å². The second kappa shape index (κ2) is 9.72. The number of hydrogen-bond acceptors (Lipinski definition) is 4. The van der Waals surface area contributed by atoms with E-state index in [1.165, 1.54) is 18.2 Å². The minimum absolute atomic E-state index is 0.138. The lowest BCUT2D eigenvalue weighted by molar-refractivity contribution is 0.0936. The topological polar surface area (TPSA) is 90.9 Å². The summed E-state index contributed by atoms with van der Waals surface area (Å²) in [6.45, 7) is 1.78. The molecule has 0 spiro atoms. The third-order valence-corrected chi connectivity index (χ3v) is 5.66. The minimum Gasteiger partial charge on any atom is -0.508 e. The van der Waals surface area contributed by atoms with Crippen LogP contribution in [0.3, 0.4) is 0 Å². The highest BCUT2D eigenvalue weighted by Gasteiger charge is 2.24. The lowest BCUT2D eigenvalue weighted by Crippen LogP contribution is -2.30. The van der Waals surface area contributed by atoms with E-state index >= 15 is 0 Å². The van der Waals surface area contributed by atoms with Gasteiger partial charge in [0.15, 0.2) is 0 Å². The molecule has 3 N–H and O–H groups in total. The predicted octanol–water partition coefficient (Wildman–Crippen LogP) is 5.03. The number of pyridine rings is 2. The summed E-state index contributed by atoms with van der Waals surface area (Å²) in [4.78, 5) is 25.0. The number of carbonyl (C=O) groups excluding carboxylic acids is 1. The van der Waals surface area contributed by atoms with Gasteiger partial charge in [0.25, 0.3) is 5.91 Å². The number of phenolic OH excluding ortho intramolecular Hbond substituents is 1. The van der Waals surface area contributed by atoms with E-state index in [4.69, 9.17) is 0 Å². The molecule has 5 aromatic rings. The zero-order valence-electron chi connectivity index (χ0n) is 19.3. The van der Waals surface area contributed by atoms with Crippen LogP contribution in [0.2, 0.25) is 0 Å². The molecule has 36 heavy (non-hydrogen) atoms. The van der Waals surface area contributed by atoms with Crippen LogP contribution in [0.1, 0.15) is 44.6 Å². The fourth-order valence-corrected chi connectivity index (χ4v) is 3.97. The van der Waals surface area contributed by atoms with Crippen LogP contribution >= 0.6 is 0 Å². The Bertz CT molecular complexity index is 1600. The van der Waals surface area contributed by atoms with Gasteiger partial charge in [-0.3, -0.25) is 9.78 Å². The highest BCUT2D eigenvalue weighted by Crippen LogP contribution is 2.31. The summed E-state index contributed by atoms with van der Waals surface area (Å²) in [6, 6.07) is 19.3. The number of halogens is 1. The molecular formula is C29H21FN4O2. The Kier molecular flexibility index (Phi) is 6.16. The number of amides is 1. The van der Waals surface area contributed by atoms with Crippen LogP contribution in [0.4, 0.5) is 4.39 Å². The van der Waals surface area contributed by atoms with Crippen molar-refractivity contribution in [2.45, 2.75) is 13.0 Å². The first-order chi connectivity index (χ1) is 17.5. The number of rotatable bonds is 4. The number of nitrogens with one attached hydrogen (secondary N) is 2. The van der Waals surface area contributed by atoms with E-state index in [1.54, 1.807) is 43.6 Å². The molecule has 0 aliphatic rings. The summed E-state index contributed by atoms with van der Waals surface area (Å²) in [5.41, 5.74) is 3.87. The van der Waals surface area contributed by atoms with Crippen molar-refractivity contribution in [2.24, 2.45) is 0 Å². The summed E-state index contributed by atoms with van der Waals surface area (Å²) in [5, 5.41) is 14.3. The van der Waals surface area contributed by atoms with Crippen molar-refractivity contribution in [3.8, 4) is 17.6 Å². The maximum atomic E-state index is 14.2. The lowest BCUT2D eigenvalue weighted by Gasteiger charge is -2.19. The number of carbonyl (C=O) groups is 1. The number of aromatic hydroxyl groups is 1. The maximum absolute atomic E-state index is 14.2. The number of H-pyrrole nitrogens is 1. The molecular weight excluding hydrogens is 455 g/mol. The Morgan fingerprint density at radius 3 is 2.58 bits per heavy atom. The van der Waals surface area contributed by atoms with Gasteiger partial charge >= 0.3 is 0 Å².